The van der Waals surface area contributed by atoms with Crippen LogP contribution in [0.15, 0.2) is 14.6 Å². The summed E-state index contributed by atoms with van der Waals surface area (Å²) in [6.07, 6.45) is 0.806. The minimum atomic E-state index is -0.563. The van der Waals surface area contributed by atoms with Crippen molar-refractivity contribution < 1.29 is 9.59 Å². The smallest absolute Gasteiger partial charge is 0.332 e. The minimum Gasteiger partial charge on any atom is -0.338 e. The van der Waals surface area contributed by atoms with Crippen LogP contribution >= 0.6 is 11.8 Å². The standard InChI is InChI=1S/C20H30N6O4S/c1-11(2)8-9-21-18(29)22-12(27)10-31-15-13-14(23-17(24-15)20(3,4)5)25(6)19(30)26(7)16(13)28/h11H,8-10H2,1-7H3,(H2,21,22,27,29). The number of thioether (sulfide) groups is 1. The maximum atomic E-state index is 12.8. The molecule has 0 saturated heterocycles. The molecule has 0 saturated carbocycles. The highest BCUT2D eigenvalue weighted by atomic mass is 32.2. The molecule has 0 atom stereocenters. The molecule has 0 aliphatic rings. The van der Waals surface area contributed by atoms with Crippen LogP contribution in [0.5, 0.6) is 0 Å². The highest BCUT2D eigenvalue weighted by molar-refractivity contribution is 8.00. The molecule has 0 aliphatic heterocycles. The highest BCUT2D eigenvalue weighted by Gasteiger charge is 2.24. The van der Waals surface area contributed by atoms with Gasteiger partial charge in [0.05, 0.1) is 5.75 Å². The second-order valence-electron chi connectivity index (χ2n) is 8.78. The van der Waals surface area contributed by atoms with Crippen LogP contribution < -0.4 is 21.9 Å². The van der Waals surface area contributed by atoms with E-state index in [1.165, 1.54) is 18.7 Å². The summed E-state index contributed by atoms with van der Waals surface area (Å²) in [7, 11) is 2.91. The average Bonchev–Trinajstić information content (AvgIpc) is 2.67. The van der Waals surface area contributed by atoms with Gasteiger partial charge < -0.3 is 5.32 Å². The molecule has 10 nitrogen and oxygen atoms in total. The summed E-state index contributed by atoms with van der Waals surface area (Å²) in [6, 6.07) is -0.563. The molecule has 0 bridgehead atoms. The molecule has 2 rings (SSSR count). The van der Waals surface area contributed by atoms with Crippen molar-refractivity contribution in [2.45, 2.75) is 51.5 Å². The van der Waals surface area contributed by atoms with Crippen LogP contribution in [-0.4, -0.2) is 43.3 Å². The second-order valence-corrected chi connectivity index (χ2v) is 9.75. The lowest BCUT2D eigenvalue weighted by molar-refractivity contribution is -0.117. The van der Waals surface area contributed by atoms with Crippen LogP contribution in [0.3, 0.4) is 0 Å². The van der Waals surface area contributed by atoms with Crippen molar-refractivity contribution in [3.63, 3.8) is 0 Å². The molecular formula is C20H30N6O4S. The van der Waals surface area contributed by atoms with Gasteiger partial charge in [-0.15, -0.1) is 0 Å². The summed E-state index contributed by atoms with van der Waals surface area (Å²) in [6.45, 7) is 10.3. The van der Waals surface area contributed by atoms with Gasteiger partial charge in [0.15, 0.2) is 5.65 Å². The van der Waals surface area contributed by atoms with E-state index in [2.05, 4.69) is 20.6 Å². The third-order valence-corrected chi connectivity index (χ3v) is 5.51. The fourth-order valence-corrected chi connectivity index (χ4v) is 3.50. The van der Waals surface area contributed by atoms with E-state index in [9.17, 15) is 19.2 Å². The van der Waals surface area contributed by atoms with Crippen molar-refractivity contribution in [1.29, 1.82) is 0 Å². The Morgan fingerprint density at radius 1 is 1.10 bits per heavy atom. The lowest BCUT2D eigenvalue weighted by atomic mass is 9.96. The Morgan fingerprint density at radius 2 is 1.74 bits per heavy atom. The largest absolute Gasteiger partial charge is 0.338 e. The summed E-state index contributed by atoms with van der Waals surface area (Å²) in [5.74, 6) is 0.239. The van der Waals surface area contributed by atoms with Gasteiger partial charge >= 0.3 is 11.7 Å². The molecule has 2 aromatic heterocycles. The summed E-state index contributed by atoms with van der Waals surface area (Å²) in [5, 5.41) is 5.36. The number of rotatable bonds is 6. The molecule has 2 heterocycles. The quantitative estimate of drug-likeness (QED) is 0.501. The molecule has 0 spiro atoms. The van der Waals surface area contributed by atoms with Gasteiger partial charge in [-0.25, -0.2) is 19.6 Å². The third kappa shape index (κ3) is 5.93. The fourth-order valence-electron chi connectivity index (χ4n) is 2.68. The number of carbonyl (C=O) groups is 2. The van der Waals surface area contributed by atoms with E-state index in [1.54, 1.807) is 0 Å². The number of carbonyl (C=O) groups excluding carboxylic acids is 2. The number of nitrogens with one attached hydrogen (secondary N) is 2. The maximum absolute atomic E-state index is 12.8. The summed E-state index contributed by atoms with van der Waals surface area (Å²) in [5.41, 5.74) is -1.27. The van der Waals surface area contributed by atoms with E-state index in [4.69, 9.17) is 0 Å². The Hall–Kier alpha value is -2.69. The van der Waals surface area contributed by atoms with Crippen molar-refractivity contribution in [1.82, 2.24) is 29.7 Å². The van der Waals surface area contributed by atoms with Crippen LogP contribution in [0.2, 0.25) is 0 Å². The normalized spacial score (nSPS) is 11.7. The van der Waals surface area contributed by atoms with Crippen molar-refractivity contribution in [2.24, 2.45) is 20.0 Å². The van der Waals surface area contributed by atoms with Crippen molar-refractivity contribution in [2.75, 3.05) is 12.3 Å². The second kappa shape index (κ2) is 9.63. The molecule has 2 aromatic rings. The van der Waals surface area contributed by atoms with Crippen LogP contribution in [0, 0.1) is 5.92 Å². The first-order valence-corrected chi connectivity index (χ1v) is 11.0. The fraction of sp³-hybridized carbons (Fsp3) is 0.600. The lowest BCUT2D eigenvalue weighted by Gasteiger charge is -2.19. The van der Waals surface area contributed by atoms with Gasteiger partial charge in [0.2, 0.25) is 5.91 Å². The van der Waals surface area contributed by atoms with E-state index < -0.39 is 28.6 Å². The van der Waals surface area contributed by atoms with Gasteiger partial charge in [-0.3, -0.25) is 24.0 Å². The monoisotopic (exact) mass is 450 g/mol. The average molecular weight is 451 g/mol. The number of urea groups is 1. The van der Waals surface area contributed by atoms with Gasteiger partial charge in [-0.2, -0.15) is 0 Å². The summed E-state index contributed by atoms with van der Waals surface area (Å²) >= 11 is 1.02. The Kier molecular flexibility index (Phi) is 7.63. The zero-order chi connectivity index (χ0) is 23.5. The Morgan fingerprint density at radius 3 is 2.32 bits per heavy atom. The molecule has 0 fully saturated rings. The lowest BCUT2D eigenvalue weighted by Crippen LogP contribution is -2.41. The van der Waals surface area contributed by atoms with E-state index in [-0.39, 0.29) is 16.8 Å². The van der Waals surface area contributed by atoms with Gasteiger partial charge in [-0.05, 0) is 12.3 Å². The van der Waals surface area contributed by atoms with Crippen molar-refractivity contribution in [3.05, 3.63) is 26.7 Å². The Labute approximate surface area is 184 Å². The molecule has 0 aliphatic carbocycles. The number of aromatic nitrogens is 4. The topological polar surface area (TPSA) is 128 Å². The molecule has 0 aromatic carbocycles. The first kappa shape index (κ1) is 24.6. The third-order valence-electron chi connectivity index (χ3n) is 4.54. The zero-order valence-corrected chi connectivity index (χ0v) is 19.8. The first-order chi connectivity index (χ1) is 14.3. The van der Waals surface area contributed by atoms with Crippen molar-refractivity contribution >= 4 is 34.7 Å². The number of imide groups is 1. The first-order valence-electron chi connectivity index (χ1n) is 10.0. The summed E-state index contributed by atoms with van der Waals surface area (Å²) < 4.78 is 2.27. The van der Waals surface area contributed by atoms with Crippen LogP contribution in [0.1, 0.15) is 46.9 Å². The number of fused-ring (bicyclic) bond motifs is 1. The molecule has 170 valence electrons. The predicted molar refractivity (Wildman–Crippen MR) is 120 cm³/mol. The number of hydrogen-bond acceptors (Lipinski definition) is 7. The Bertz CT molecular complexity index is 1110. The molecule has 0 radical (unpaired) electrons. The summed E-state index contributed by atoms with van der Waals surface area (Å²) in [4.78, 5) is 58.2. The van der Waals surface area contributed by atoms with Gasteiger partial charge in [-0.1, -0.05) is 46.4 Å². The maximum Gasteiger partial charge on any atom is 0.332 e. The minimum absolute atomic E-state index is 0.126. The van der Waals surface area contributed by atoms with E-state index in [0.29, 0.717) is 23.3 Å². The molecule has 3 amide bonds. The van der Waals surface area contributed by atoms with E-state index >= 15 is 0 Å². The van der Waals surface area contributed by atoms with Crippen LogP contribution in [0.25, 0.3) is 11.0 Å². The zero-order valence-electron chi connectivity index (χ0n) is 19.0. The van der Waals surface area contributed by atoms with E-state index in [0.717, 1.165) is 22.7 Å². The van der Waals surface area contributed by atoms with Gasteiger partial charge in [0.25, 0.3) is 5.56 Å². The highest BCUT2D eigenvalue weighted by Crippen LogP contribution is 2.26. The van der Waals surface area contributed by atoms with Crippen LogP contribution in [0.4, 0.5) is 4.79 Å². The van der Waals surface area contributed by atoms with Crippen LogP contribution in [-0.2, 0) is 24.3 Å². The number of hydrogen-bond donors (Lipinski definition) is 2. The number of aryl methyl sites for hydroxylation is 1. The molecule has 11 heteroatoms. The Balaban J connectivity index is 2.32. The molecule has 2 N–H and O–H groups in total. The molecular weight excluding hydrogens is 420 g/mol. The number of amides is 3. The SMILES string of the molecule is CC(C)CCNC(=O)NC(=O)CSc1nc(C(C)(C)C)nc2c1c(=O)n(C)c(=O)n2C. The molecule has 0 unspecified atom stereocenters. The van der Waals surface area contributed by atoms with Gasteiger partial charge in [0, 0.05) is 26.1 Å². The number of nitrogens with zero attached hydrogens (tertiary/aromatic N) is 4. The van der Waals surface area contributed by atoms with Crippen molar-refractivity contribution in [3.8, 4) is 0 Å². The van der Waals surface area contributed by atoms with E-state index in [1.807, 2.05) is 34.6 Å². The van der Waals surface area contributed by atoms with Gasteiger partial charge in [0.1, 0.15) is 16.2 Å². The molecule has 31 heavy (non-hydrogen) atoms. The predicted octanol–water partition coefficient (Wildman–Crippen LogP) is 1.29.